The van der Waals surface area contributed by atoms with Gasteiger partial charge in [0.15, 0.2) is 21.2 Å². The molecule has 1 fully saturated rings. The van der Waals surface area contributed by atoms with Gasteiger partial charge < -0.3 is 15.0 Å². The summed E-state index contributed by atoms with van der Waals surface area (Å²) in [6, 6.07) is 0. The van der Waals surface area contributed by atoms with Crippen LogP contribution in [0.15, 0.2) is 6.33 Å². The molecule has 2 N–H and O–H groups in total. The standard InChI is InChI=1S/C11H15N3O5S2/c1-2-21(18,19)7-5-20-4-3-14(7)10(15)8-9(11(16)17)13-6-12-8/h6-7H,2-5H2,1H3,(H,12,13)(H,16,17). The Bertz CT molecular complexity index is 655. The summed E-state index contributed by atoms with van der Waals surface area (Å²) in [6.07, 6.45) is 1.11. The quantitative estimate of drug-likeness (QED) is 0.799. The van der Waals surface area contributed by atoms with E-state index in [1.54, 1.807) is 0 Å². The highest BCUT2D eigenvalue weighted by Gasteiger charge is 2.38. The number of sulfone groups is 1. The van der Waals surface area contributed by atoms with Crippen LogP contribution < -0.4 is 0 Å². The first-order chi connectivity index (χ1) is 9.88. The van der Waals surface area contributed by atoms with Gasteiger partial charge in [-0.2, -0.15) is 11.8 Å². The van der Waals surface area contributed by atoms with Gasteiger partial charge in [-0.05, 0) is 0 Å². The second-order valence-electron chi connectivity index (χ2n) is 4.41. The molecule has 0 spiro atoms. The lowest BCUT2D eigenvalue weighted by atomic mass is 10.3. The molecule has 1 aliphatic rings. The first-order valence-electron chi connectivity index (χ1n) is 6.25. The molecule has 0 saturated carbocycles. The van der Waals surface area contributed by atoms with Crippen LogP contribution >= 0.6 is 11.8 Å². The number of nitrogens with zero attached hydrogens (tertiary/aromatic N) is 2. The highest BCUT2D eigenvalue weighted by molar-refractivity contribution is 8.01. The fraction of sp³-hybridized carbons (Fsp3) is 0.545. The number of H-pyrrole nitrogens is 1. The molecule has 1 saturated heterocycles. The van der Waals surface area contributed by atoms with Crippen LogP contribution in [0.3, 0.4) is 0 Å². The minimum Gasteiger partial charge on any atom is -0.477 e. The van der Waals surface area contributed by atoms with E-state index in [9.17, 15) is 18.0 Å². The minimum absolute atomic E-state index is 0.0750. The number of carboxylic acids is 1. The Kier molecular flexibility index (Phi) is 4.57. The molecule has 21 heavy (non-hydrogen) atoms. The largest absolute Gasteiger partial charge is 0.477 e. The van der Waals surface area contributed by atoms with Crippen molar-refractivity contribution in [2.45, 2.75) is 12.3 Å². The summed E-state index contributed by atoms with van der Waals surface area (Å²) in [4.78, 5) is 30.8. The Balaban J connectivity index is 2.36. The molecular weight excluding hydrogens is 318 g/mol. The van der Waals surface area contributed by atoms with Crippen LogP contribution in [0.5, 0.6) is 0 Å². The van der Waals surface area contributed by atoms with E-state index in [0.29, 0.717) is 5.75 Å². The number of carbonyl (C=O) groups excluding carboxylic acids is 1. The van der Waals surface area contributed by atoms with Crippen LogP contribution in [0.1, 0.15) is 27.9 Å². The van der Waals surface area contributed by atoms with Crippen LogP contribution in [-0.2, 0) is 9.84 Å². The maximum absolute atomic E-state index is 12.5. The van der Waals surface area contributed by atoms with Crippen LogP contribution in [0.25, 0.3) is 0 Å². The minimum atomic E-state index is -3.44. The molecule has 0 radical (unpaired) electrons. The number of imidazole rings is 1. The van der Waals surface area contributed by atoms with E-state index < -0.39 is 27.1 Å². The zero-order valence-electron chi connectivity index (χ0n) is 11.3. The molecule has 1 amide bonds. The van der Waals surface area contributed by atoms with Crippen molar-refractivity contribution in [3.05, 3.63) is 17.7 Å². The number of nitrogens with one attached hydrogen (secondary N) is 1. The van der Waals surface area contributed by atoms with Crippen LogP contribution in [0.2, 0.25) is 0 Å². The van der Waals surface area contributed by atoms with Crippen LogP contribution in [0.4, 0.5) is 0 Å². The number of aromatic nitrogens is 2. The molecule has 8 nitrogen and oxygen atoms in total. The third-order valence-electron chi connectivity index (χ3n) is 3.22. The molecule has 1 unspecified atom stereocenters. The fourth-order valence-corrected chi connectivity index (χ4v) is 5.02. The lowest BCUT2D eigenvalue weighted by Gasteiger charge is -2.34. The molecule has 1 aromatic heterocycles. The number of amides is 1. The van der Waals surface area contributed by atoms with E-state index in [0.717, 1.165) is 6.33 Å². The summed E-state index contributed by atoms with van der Waals surface area (Å²) in [7, 11) is -3.44. The Morgan fingerprint density at radius 2 is 2.29 bits per heavy atom. The van der Waals surface area contributed by atoms with Crippen LogP contribution in [0, 0.1) is 0 Å². The lowest BCUT2D eigenvalue weighted by Crippen LogP contribution is -2.51. The first-order valence-corrected chi connectivity index (χ1v) is 9.12. The fourth-order valence-electron chi connectivity index (χ4n) is 2.06. The Labute approximate surface area is 125 Å². The highest BCUT2D eigenvalue weighted by Crippen LogP contribution is 2.23. The molecule has 2 rings (SSSR count). The van der Waals surface area contributed by atoms with Crippen LogP contribution in [-0.4, -0.2) is 69.4 Å². The van der Waals surface area contributed by atoms with Gasteiger partial charge in [-0.3, -0.25) is 4.79 Å². The SMILES string of the molecule is CCS(=O)(=O)C1CSCCN1C(=O)c1nc[nH]c1C(=O)O. The van der Waals surface area contributed by atoms with Crippen molar-refractivity contribution in [3.8, 4) is 0 Å². The van der Waals surface area contributed by atoms with Crippen molar-refractivity contribution >= 4 is 33.5 Å². The van der Waals surface area contributed by atoms with Gasteiger partial charge in [-0.1, -0.05) is 6.92 Å². The molecule has 1 atom stereocenters. The summed E-state index contributed by atoms with van der Waals surface area (Å²) in [5.74, 6) is -1.16. The van der Waals surface area contributed by atoms with E-state index in [2.05, 4.69) is 9.97 Å². The summed E-state index contributed by atoms with van der Waals surface area (Å²) in [5, 5.41) is 8.07. The van der Waals surface area contributed by atoms with E-state index in [4.69, 9.17) is 5.11 Å². The van der Waals surface area contributed by atoms with Gasteiger partial charge in [-0.15, -0.1) is 0 Å². The number of carbonyl (C=O) groups is 2. The number of aromatic carboxylic acids is 1. The van der Waals surface area contributed by atoms with Crippen molar-refractivity contribution in [1.82, 2.24) is 14.9 Å². The van der Waals surface area contributed by atoms with Gasteiger partial charge in [0.2, 0.25) is 0 Å². The van der Waals surface area contributed by atoms with Crippen molar-refractivity contribution in [1.29, 1.82) is 0 Å². The zero-order chi connectivity index (χ0) is 15.6. The summed E-state index contributed by atoms with van der Waals surface area (Å²) in [5.41, 5.74) is -0.587. The number of aromatic amines is 1. The predicted molar refractivity (Wildman–Crippen MR) is 77.2 cm³/mol. The van der Waals surface area contributed by atoms with E-state index >= 15 is 0 Å². The van der Waals surface area contributed by atoms with E-state index in [1.807, 2.05) is 0 Å². The summed E-state index contributed by atoms with van der Waals surface area (Å²) >= 11 is 1.46. The molecular formula is C11H15N3O5S2. The Morgan fingerprint density at radius 3 is 2.90 bits per heavy atom. The van der Waals surface area contributed by atoms with Crippen molar-refractivity contribution in [3.63, 3.8) is 0 Å². The number of carboxylic acid groups (broad SMARTS) is 1. The third-order valence-corrected chi connectivity index (χ3v) is 6.51. The van der Waals surface area contributed by atoms with Gasteiger partial charge in [0.25, 0.3) is 5.91 Å². The van der Waals surface area contributed by atoms with Gasteiger partial charge >= 0.3 is 5.97 Å². The van der Waals surface area contributed by atoms with Gasteiger partial charge in [-0.25, -0.2) is 18.2 Å². The number of hydrogen-bond donors (Lipinski definition) is 2. The molecule has 0 aliphatic carbocycles. The van der Waals surface area contributed by atoms with E-state index in [-0.39, 0.29) is 29.4 Å². The van der Waals surface area contributed by atoms with Crippen molar-refractivity contribution in [2.75, 3.05) is 23.8 Å². The number of rotatable bonds is 4. The molecule has 1 aliphatic heterocycles. The number of thioether (sulfide) groups is 1. The monoisotopic (exact) mass is 333 g/mol. The second kappa shape index (κ2) is 6.06. The van der Waals surface area contributed by atoms with Gasteiger partial charge in [0, 0.05) is 23.8 Å². The predicted octanol–water partition coefficient (Wildman–Crippen LogP) is 0.0577. The van der Waals surface area contributed by atoms with Crippen molar-refractivity contribution < 1.29 is 23.1 Å². The molecule has 2 heterocycles. The maximum atomic E-state index is 12.5. The maximum Gasteiger partial charge on any atom is 0.354 e. The second-order valence-corrected chi connectivity index (χ2v) is 8.01. The normalized spacial score (nSPS) is 19.5. The Hall–Kier alpha value is -1.55. The average molecular weight is 333 g/mol. The van der Waals surface area contributed by atoms with Crippen molar-refractivity contribution in [2.24, 2.45) is 0 Å². The Morgan fingerprint density at radius 1 is 1.57 bits per heavy atom. The molecule has 116 valence electrons. The smallest absolute Gasteiger partial charge is 0.354 e. The summed E-state index contributed by atoms with van der Waals surface area (Å²) < 4.78 is 24.2. The molecule has 0 aromatic carbocycles. The van der Waals surface area contributed by atoms with Gasteiger partial charge in [0.05, 0.1) is 6.33 Å². The molecule has 1 aromatic rings. The first kappa shape index (κ1) is 15.8. The van der Waals surface area contributed by atoms with Gasteiger partial charge in [0.1, 0.15) is 5.37 Å². The zero-order valence-corrected chi connectivity index (χ0v) is 12.9. The third kappa shape index (κ3) is 3.05. The lowest BCUT2D eigenvalue weighted by molar-refractivity contribution is 0.0667. The van der Waals surface area contributed by atoms with E-state index in [1.165, 1.54) is 23.6 Å². The topological polar surface area (TPSA) is 120 Å². The molecule has 10 heteroatoms. The average Bonchev–Trinajstić information content (AvgIpc) is 2.96. The summed E-state index contributed by atoms with van der Waals surface area (Å²) in [6.45, 7) is 1.77. The highest BCUT2D eigenvalue weighted by atomic mass is 32.2. The number of hydrogen-bond acceptors (Lipinski definition) is 6. The molecule has 0 bridgehead atoms.